The summed E-state index contributed by atoms with van der Waals surface area (Å²) in [6, 6.07) is 6.30. The van der Waals surface area contributed by atoms with Crippen molar-refractivity contribution in [3.8, 4) is 0 Å². The van der Waals surface area contributed by atoms with Gasteiger partial charge in [-0.2, -0.15) is 13.2 Å². The SMILES string of the molecule is COC1=C(Cl)C=C[C@@](C(Nc2cccc3nc(C)ccc23)C(O)CCl)(C(F)(F)F)C1F. The highest BCUT2D eigenvalue weighted by molar-refractivity contribution is 6.31. The average Bonchev–Trinajstić information content (AvgIpc) is 2.71. The molecule has 1 aliphatic carbocycles. The van der Waals surface area contributed by atoms with E-state index in [0.717, 1.165) is 18.9 Å². The first kappa shape index (κ1) is 23.6. The number of nitrogens with one attached hydrogen (secondary N) is 1. The summed E-state index contributed by atoms with van der Waals surface area (Å²) in [4.78, 5) is 4.35. The summed E-state index contributed by atoms with van der Waals surface area (Å²) in [5.41, 5.74) is -1.72. The summed E-state index contributed by atoms with van der Waals surface area (Å²) in [6.45, 7) is 1.78. The molecular formula is C21H20Cl2F4N2O2. The van der Waals surface area contributed by atoms with E-state index in [-0.39, 0.29) is 10.7 Å². The molecule has 10 heteroatoms. The average molecular weight is 479 g/mol. The monoisotopic (exact) mass is 478 g/mol. The Hall–Kier alpha value is -2.03. The predicted molar refractivity (Wildman–Crippen MR) is 113 cm³/mol. The molecule has 0 bridgehead atoms. The van der Waals surface area contributed by atoms with Crippen LogP contribution in [0.4, 0.5) is 23.2 Å². The molecule has 3 rings (SSSR count). The van der Waals surface area contributed by atoms with E-state index < -0.39 is 41.5 Å². The molecule has 1 aromatic carbocycles. The topological polar surface area (TPSA) is 54.4 Å². The van der Waals surface area contributed by atoms with Gasteiger partial charge in [-0.25, -0.2) is 4.39 Å². The number of ether oxygens (including phenoxy) is 1. The van der Waals surface area contributed by atoms with Gasteiger partial charge >= 0.3 is 6.18 Å². The Bertz CT molecular complexity index is 1030. The number of hydrogen-bond acceptors (Lipinski definition) is 4. The Morgan fingerprint density at radius 3 is 2.61 bits per heavy atom. The Morgan fingerprint density at radius 1 is 1.29 bits per heavy atom. The van der Waals surface area contributed by atoms with Crippen molar-refractivity contribution in [3.05, 3.63) is 59.0 Å². The minimum atomic E-state index is -5.13. The molecule has 4 nitrogen and oxygen atoms in total. The number of halogens is 6. The number of methoxy groups -OCH3 is 1. The summed E-state index contributed by atoms with van der Waals surface area (Å²) >= 11 is 11.6. The number of alkyl halides is 5. The molecule has 0 fully saturated rings. The zero-order valence-electron chi connectivity index (χ0n) is 16.6. The number of aryl methyl sites for hydroxylation is 1. The number of aliphatic hydroxyl groups excluding tert-OH is 1. The second kappa shape index (κ2) is 8.84. The third-order valence-electron chi connectivity index (χ3n) is 5.34. The first-order chi connectivity index (χ1) is 14.6. The molecule has 4 atom stereocenters. The first-order valence-corrected chi connectivity index (χ1v) is 10.2. The first-order valence-electron chi connectivity index (χ1n) is 9.27. The number of hydrogen-bond donors (Lipinski definition) is 2. The van der Waals surface area contributed by atoms with Crippen LogP contribution in [0.15, 0.2) is 53.3 Å². The Balaban J connectivity index is 2.19. The molecule has 2 aromatic rings. The van der Waals surface area contributed by atoms with Crippen LogP contribution in [0.3, 0.4) is 0 Å². The molecule has 3 unspecified atom stereocenters. The third-order valence-corrected chi connectivity index (χ3v) is 5.97. The second-order valence-corrected chi connectivity index (χ2v) is 7.93. The van der Waals surface area contributed by atoms with Crippen LogP contribution in [0, 0.1) is 12.3 Å². The number of rotatable bonds is 6. The van der Waals surface area contributed by atoms with Crippen molar-refractivity contribution in [2.24, 2.45) is 5.41 Å². The lowest BCUT2D eigenvalue weighted by Gasteiger charge is -2.45. The standard InChI is InChI=1S/C21H20Cl2F4N2O2/c1-11-6-7-12-14(28-11)4-3-5-15(12)29-19(16(30)10-22)20(21(25,26)27)9-8-13(23)17(31-2)18(20)24/h3-9,16,18-19,29-30H,10H2,1-2H3/t16?,18?,19?,20-/m1/s1. The van der Waals surface area contributed by atoms with Crippen LogP contribution in [-0.4, -0.2) is 47.6 Å². The lowest BCUT2D eigenvalue weighted by Crippen LogP contribution is -2.61. The number of aliphatic hydroxyl groups is 1. The number of benzene rings is 1. The third kappa shape index (κ3) is 4.08. The number of fused-ring (bicyclic) bond motifs is 1. The Kier molecular flexibility index (Phi) is 6.74. The van der Waals surface area contributed by atoms with Gasteiger partial charge in [-0.15, -0.1) is 11.6 Å². The molecule has 31 heavy (non-hydrogen) atoms. The van der Waals surface area contributed by atoms with E-state index in [1.165, 1.54) is 6.07 Å². The maximum absolute atomic E-state index is 15.5. The molecule has 0 aliphatic heterocycles. The smallest absolute Gasteiger partial charge is 0.403 e. The van der Waals surface area contributed by atoms with E-state index >= 15 is 4.39 Å². The van der Waals surface area contributed by atoms with Crippen LogP contribution in [0.5, 0.6) is 0 Å². The molecular weight excluding hydrogens is 459 g/mol. The Labute approximate surface area is 186 Å². The van der Waals surface area contributed by atoms with Crippen molar-refractivity contribution < 1.29 is 27.4 Å². The van der Waals surface area contributed by atoms with E-state index in [0.29, 0.717) is 17.0 Å². The van der Waals surface area contributed by atoms with Gasteiger partial charge in [-0.1, -0.05) is 23.7 Å². The fourth-order valence-electron chi connectivity index (χ4n) is 3.77. The Morgan fingerprint density at radius 2 is 2.00 bits per heavy atom. The minimum Gasteiger partial charge on any atom is -0.496 e. The molecule has 1 aliphatic rings. The number of nitrogens with zero attached hydrogens (tertiary/aromatic N) is 1. The molecule has 0 saturated carbocycles. The van der Waals surface area contributed by atoms with Gasteiger partial charge < -0.3 is 15.2 Å². The van der Waals surface area contributed by atoms with Gasteiger partial charge in [-0.3, -0.25) is 4.98 Å². The van der Waals surface area contributed by atoms with Gasteiger partial charge in [0.15, 0.2) is 6.17 Å². The number of allylic oxidation sites excluding steroid dienone is 3. The molecule has 1 heterocycles. The van der Waals surface area contributed by atoms with Crippen molar-refractivity contribution in [3.63, 3.8) is 0 Å². The largest absolute Gasteiger partial charge is 0.496 e. The van der Waals surface area contributed by atoms with Crippen LogP contribution in [0.1, 0.15) is 5.69 Å². The fraction of sp³-hybridized carbons (Fsp3) is 0.381. The summed E-state index contributed by atoms with van der Waals surface area (Å²) in [5.74, 6) is -1.25. The minimum absolute atomic E-state index is 0.239. The van der Waals surface area contributed by atoms with Crippen molar-refractivity contribution in [2.75, 3.05) is 18.3 Å². The van der Waals surface area contributed by atoms with Gasteiger partial charge in [0, 0.05) is 16.8 Å². The van der Waals surface area contributed by atoms with E-state index in [4.69, 9.17) is 27.9 Å². The molecule has 0 saturated heterocycles. The van der Waals surface area contributed by atoms with Crippen LogP contribution in [0.25, 0.3) is 10.9 Å². The highest BCUT2D eigenvalue weighted by atomic mass is 35.5. The van der Waals surface area contributed by atoms with Gasteiger partial charge in [0.1, 0.15) is 11.2 Å². The zero-order valence-corrected chi connectivity index (χ0v) is 18.1. The molecule has 1 aromatic heterocycles. The summed E-state index contributed by atoms with van der Waals surface area (Å²) in [5, 5.41) is 13.4. The predicted octanol–water partition coefficient (Wildman–Crippen LogP) is 5.48. The van der Waals surface area contributed by atoms with Crippen molar-refractivity contribution in [2.45, 2.75) is 31.4 Å². The number of aromatic nitrogens is 1. The molecule has 2 N–H and O–H groups in total. The van der Waals surface area contributed by atoms with Gasteiger partial charge in [0.05, 0.1) is 35.7 Å². The molecule has 0 amide bonds. The van der Waals surface area contributed by atoms with Crippen LogP contribution < -0.4 is 5.32 Å². The van der Waals surface area contributed by atoms with Crippen molar-refractivity contribution >= 4 is 39.8 Å². The van der Waals surface area contributed by atoms with E-state index in [1.54, 1.807) is 31.2 Å². The number of anilines is 1. The number of pyridine rings is 1. The summed E-state index contributed by atoms with van der Waals surface area (Å²) in [6.07, 6.45) is -8.08. The van der Waals surface area contributed by atoms with Crippen molar-refractivity contribution in [1.29, 1.82) is 0 Å². The van der Waals surface area contributed by atoms with E-state index in [9.17, 15) is 18.3 Å². The maximum Gasteiger partial charge on any atom is 0.403 e. The highest BCUT2D eigenvalue weighted by Gasteiger charge is 2.67. The highest BCUT2D eigenvalue weighted by Crippen LogP contribution is 2.53. The lowest BCUT2D eigenvalue weighted by atomic mass is 9.70. The molecule has 0 radical (unpaired) electrons. The van der Waals surface area contributed by atoms with Crippen molar-refractivity contribution in [1.82, 2.24) is 4.98 Å². The van der Waals surface area contributed by atoms with Crippen LogP contribution in [-0.2, 0) is 4.74 Å². The summed E-state index contributed by atoms with van der Waals surface area (Å²) < 4.78 is 63.8. The van der Waals surface area contributed by atoms with Gasteiger partial charge in [0.2, 0.25) is 0 Å². The summed E-state index contributed by atoms with van der Waals surface area (Å²) in [7, 11) is 1.03. The lowest BCUT2D eigenvalue weighted by molar-refractivity contribution is -0.236. The quantitative estimate of drug-likeness (QED) is 0.426. The van der Waals surface area contributed by atoms with Gasteiger partial charge in [0.25, 0.3) is 0 Å². The second-order valence-electron chi connectivity index (χ2n) is 7.21. The fourth-order valence-corrected chi connectivity index (χ4v) is 4.18. The van der Waals surface area contributed by atoms with Gasteiger partial charge in [-0.05, 0) is 37.3 Å². The zero-order chi connectivity index (χ0) is 23.0. The van der Waals surface area contributed by atoms with Crippen LogP contribution >= 0.6 is 23.2 Å². The van der Waals surface area contributed by atoms with Crippen LogP contribution in [0.2, 0.25) is 0 Å². The van der Waals surface area contributed by atoms with E-state index in [2.05, 4.69) is 10.3 Å². The molecule has 0 spiro atoms. The maximum atomic E-state index is 15.5. The van der Waals surface area contributed by atoms with E-state index in [1.807, 2.05) is 0 Å². The normalized spacial score (nSPS) is 23.7. The molecule has 168 valence electrons.